The van der Waals surface area contributed by atoms with E-state index in [9.17, 15) is 9.90 Å². The van der Waals surface area contributed by atoms with E-state index in [1.165, 1.54) is 0 Å². The molecule has 8 heteroatoms. The molecule has 4 aromatic rings. The summed E-state index contributed by atoms with van der Waals surface area (Å²) in [6.07, 6.45) is 0.192. The van der Waals surface area contributed by atoms with Crippen LogP contribution in [0.5, 0.6) is 5.75 Å². The molecule has 7 nitrogen and oxygen atoms in total. The quantitative estimate of drug-likeness (QED) is 0.247. The van der Waals surface area contributed by atoms with Crippen molar-refractivity contribution in [1.82, 2.24) is 0 Å². The van der Waals surface area contributed by atoms with Gasteiger partial charge in [-0.1, -0.05) is 50.2 Å². The average Bonchev–Trinajstić information content (AvgIpc) is 3.33. The normalized spacial score (nSPS) is 10.2. The fourth-order valence-electron chi connectivity index (χ4n) is 3.85. The summed E-state index contributed by atoms with van der Waals surface area (Å²) in [4.78, 5) is 11.2. The lowest BCUT2D eigenvalue weighted by atomic mass is 9.98. The highest BCUT2D eigenvalue weighted by Crippen LogP contribution is 2.35. The summed E-state index contributed by atoms with van der Waals surface area (Å²) in [6, 6.07) is 17.5. The number of benzene rings is 3. The van der Waals surface area contributed by atoms with E-state index in [0.717, 1.165) is 18.1 Å². The van der Waals surface area contributed by atoms with Crippen LogP contribution in [0.15, 0.2) is 65.1 Å². The van der Waals surface area contributed by atoms with Crippen LogP contribution in [-0.4, -0.2) is 35.0 Å². The molecule has 0 aliphatic rings. The first kappa shape index (κ1) is 29.5. The molecule has 1 aromatic heterocycles. The number of carboxylic acid groups (broad SMARTS) is 1. The zero-order chi connectivity index (χ0) is 27.4. The number of halogens is 1. The number of rotatable bonds is 9. The molecule has 1 heterocycles. The first-order valence-electron chi connectivity index (χ1n) is 12.0. The van der Waals surface area contributed by atoms with Gasteiger partial charge in [-0.2, -0.15) is 0 Å². The van der Waals surface area contributed by atoms with E-state index in [2.05, 4.69) is 0 Å². The van der Waals surface area contributed by atoms with Gasteiger partial charge in [-0.3, -0.25) is 4.79 Å². The number of aliphatic hydroxyl groups excluding tert-OH is 2. The van der Waals surface area contributed by atoms with Gasteiger partial charge in [0.1, 0.15) is 29.5 Å². The fourth-order valence-corrected chi connectivity index (χ4v) is 3.85. The van der Waals surface area contributed by atoms with Crippen LogP contribution in [0.2, 0.25) is 0 Å². The SMILES string of the molecule is CC.CO.NCc1cccc(-c2cc(COc3ccccc3CC(=O)O)cc3cc(CCO)oc23)c1F. The number of carboxylic acids is 1. The third kappa shape index (κ3) is 7.39. The van der Waals surface area contributed by atoms with Crippen molar-refractivity contribution in [3.8, 4) is 16.9 Å². The van der Waals surface area contributed by atoms with Gasteiger partial charge in [0, 0.05) is 47.7 Å². The van der Waals surface area contributed by atoms with Crippen LogP contribution in [0.25, 0.3) is 22.1 Å². The Morgan fingerprint density at radius 1 is 1.00 bits per heavy atom. The molecule has 198 valence electrons. The molecule has 0 unspecified atom stereocenters. The van der Waals surface area contributed by atoms with Gasteiger partial charge in [0.05, 0.1) is 13.0 Å². The Labute approximate surface area is 215 Å². The molecule has 0 bridgehead atoms. The fraction of sp³-hybridized carbons (Fsp3) is 0.276. The molecule has 0 amide bonds. The summed E-state index contributed by atoms with van der Waals surface area (Å²) < 4.78 is 27.0. The maximum atomic E-state index is 15.1. The largest absolute Gasteiger partial charge is 0.489 e. The first-order valence-corrected chi connectivity index (χ1v) is 12.0. The second-order valence-corrected chi connectivity index (χ2v) is 7.70. The monoisotopic (exact) mass is 511 g/mol. The molecule has 5 N–H and O–H groups in total. The van der Waals surface area contributed by atoms with E-state index >= 15 is 4.39 Å². The number of ether oxygens (including phenoxy) is 1. The van der Waals surface area contributed by atoms with Crippen molar-refractivity contribution in [3.05, 3.63) is 88.9 Å². The van der Waals surface area contributed by atoms with Gasteiger partial charge in [0.15, 0.2) is 0 Å². The summed E-state index contributed by atoms with van der Waals surface area (Å²) in [7, 11) is 1.00. The predicted octanol–water partition coefficient (Wildman–Crippen LogP) is 5.07. The Morgan fingerprint density at radius 2 is 1.70 bits per heavy atom. The maximum Gasteiger partial charge on any atom is 0.307 e. The number of para-hydroxylation sites is 1. The summed E-state index contributed by atoms with van der Waals surface area (Å²) >= 11 is 0. The van der Waals surface area contributed by atoms with Crippen LogP contribution >= 0.6 is 0 Å². The number of aliphatic carboxylic acids is 1. The van der Waals surface area contributed by atoms with Gasteiger partial charge >= 0.3 is 5.97 Å². The lowest BCUT2D eigenvalue weighted by molar-refractivity contribution is -0.136. The first-order chi connectivity index (χ1) is 18.0. The molecule has 37 heavy (non-hydrogen) atoms. The molecule has 3 aromatic carbocycles. The zero-order valence-electron chi connectivity index (χ0n) is 21.3. The summed E-state index contributed by atoms with van der Waals surface area (Å²) in [5.41, 5.74) is 8.85. The van der Waals surface area contributed by atoms with Gasteiger partial charge in [-0.25, -0.2) is 4.39 Å². The van der Waals surface area contributed by atoms with Crippen LogP contribution < -0.4 is 10.5 Å². The van der Waals surface area contributed by atoms with Gasteiger partial charge in [-0.15, -0.1) is 0 Å². The number of fused-ring (bicyclic) bond motifs is 1. The number of hydrogen-bond acceptors (Lipinski definition) is 6. The molecular weight excluding hydrogens is 477 g/mol. The van der Waals surface area contributed by atoms with Crippen LogP contribution in [0.3, 0.4) is 0 Å². The average molecular weight is 512 g/mol. The molecule has 0 radical (unpaired) electrons. The zero-order valence-corrected chi connectivity index (χ0v) is 21.3. The van der Waals surface area contributed by atoms with Crippen LogP contribution in [-0.2, 0) is 30.8 Å². The molecular formula is C29H34FNO6. The van der Waals surface area contributed by atoms with E-state index in [4.69, 9.17) is 25.1 Å². The molecule has 4 rings (SSSR count). The number of hydrogen-bond donors (Lipinski definition) is 4. The highest BCUT2D eigenvalue weighted by Gasteiger charge is 2.17. The van der Waals surface area contributed by atoms with Crippen LogP contribution in [0.4, 0.5) is 4.39 Å². The lowest BCUT2D eigenvalue weighted by Crippen LogP contribution is -2.04. The van der Waals surface area contributed by atoms with E-state index in [-0.39, 0.29) is 26.2 Å². The molecule has 0 spiro atoms. The van der Waals surface area contributed by atoms with Crippen molar-refractivity contribution in [2.75, 3.05) is 13.7 Å². The predicted molar refractivity (Wildman–Crippen MR) is 142 cm³/mol. The van der Waals surface area contributed by atoms with Crippen LogP contribution in [0.1, 0.15) is 36.3 Å². The van der Waals surface area contributed by atoms with E-state index in [1.807, 2.05) is 26.0 Å². The third-order valence-electron chi connectivity index (χ3n) is 5.38. The molecule has 0 saturated carbocycles. The minimum Gasteiger partial charge on any atom is -0.489 e. The minimum absolute atomic E-state index is 0.0670. The van der Waals surface area contributed by atoms with E-state index in [0.29, 0.717) is 45.8 Å². The minimum atomic E-state index is -0.945. The third-order valence-corrected chi connectivity index (χ3v) is 5.38. The Hall–Kier alpha value is -3.72. The van der Waals surface area contributed by atoms with Gasteiger partial charge in [0.2, 0.25) is 0 Å². The topological polar surface area (TPSA) is 126 Å². The molecule has 0 aliphatic carbocycles. The Morgan fingerprint density at radius 3 is 2.38 bits per heavy atom. The van der Waals surface area contributed by atoms with E-state index in [1.54, 1.807) is 48.5 Å². The molecule has 0 saturated heterocycles. The maximum absolute atomic E-state index is 15.1. The van der Waals surface area contributed by atoms with Gasteiger partial charge in [-0.05, 0) is 29.8 Å². The number of furan rings is 1. The van der Waals surface area contributed by atoms with Crippen molar-refractivity contribution in [1.29, 1.82) is 0 Å². The summed E-state index contributed by atoms with van der Waals surface area (Å²) in [5, 5.41) is 26.2. The lowest BCUT2D eigenvalue weighted by Gasteiger charge is -2.13. The molecule has 0 atom stereocenters. The summed E-state index contributed by atoms with van der Waals surface area (Å²) in [6.45, 7) is 4.15. The Bertz CT molecular complexity index is 1300. The van der Waals surface area contributed by atoms with Crippen molar-refractivity contribution < 1.29 is 33.7 Å². The van der Waals surface area contributed by atoms with E-state index < -0.39 is 11.8 Å². The number of aliphatic hydroxyl groups is 2. The number of nitrogens with two attached hydrogens (primary N) is 1. The smallest absolute Gasteiger partial charge is 0.307 e. The van der Waals surface area contributed by atoms with Crippen LogP contribution in [0, 0.1) is 5.82 Å². The Balaban J connectivity index is 0.00000115. The van der Waals surface area contributed by atoms with Crippen molar-refractivity contribution in [2.45, 2.75) is 39.8 Å². The van der Waals surface area contributed by atoms with Crippen molar-refractivity contribution in [3.63, 3.8) is 0 Å². The summed E-state index contributed by atoms with van der Waals surface area (Å²) in [5.74, 6) is -0.286. The second-order valence-electron chi connectivity index (χ2n) is 7.70. The van der Waals surface area contributed by atoms with Crippen molar-refractivity contribution >= 4 is 16.9 Å². The highest BCUT2D eigenvalue weighted by atomic mass is 19.1. The van der Waals surface area contributed by atoms with Gasteiger partial charge in [0.25, 0.3) is 0 Å². The molecule has 0 fully saturated rings. The van der Waals surface area contributed by atoms with Gasteiger partial charge < -0.3 is 30.2 Å². The molecule has 0 aliphatic heterocycles. The standard InChI is InChI=1S/C26H24FNO5.C2H6.CH4O/c27-25-18(14-28)5-3-6-21(25)22-11-16(10-19-12-20(8-9-29)33-26(19)22)15-32-23-7-2-1-4-17(23)13-24(30)31;2*1-2/h1-7,10-12,29H,8-9,13-15,28H2,(H,30,31);1-2H3;2H,1H3. The Kier molecular flexibility index (Phi) is 11.8. The second kappa shape index (κ2) is 14.7. The number of carbonyl (C=O) groups is 1. The highest BCUT2D eigenvalue weighted by molar-refractivity contribution is 5.94. The van der Waals surface area contributed by atoms with Crippen molar-refractivity contribution in [2.24, 2.45) is 5.73 Å².